The summed E-state index contributed by atoms with van der Waals surface area (Å²) in [7, 11) is 0. The van der Waals surface area contributed by atoms with Crippen molar-refractivity contribution >= 4 is 12.4 Å². The van der Waals surface area contributed by atoms with Crippen LogP contribution in [0.1, 0.15) is 13.8 Å². The average Bonchev–Trinajstić information content (AvgIpc) is 1.32. The second-order valence-electron chi connectivity index (χ2n) is 2.66. The Balaban J connectivity index is 0.000000360. The van der Waals surface area contributed by atoms with Gasteiger partial charge in [-0.2, -0.15) is 0 Å². The molecule has 0 spiro atoms. The molecule has 0 amide bonds. The first-order chi connectivity index (χ1) is 2.71. The van der Waals surface area contributed by atoms with E-state index in [1.54, 1.807) is 0 Å². The van der Waals surface area contributed by atoms with Crippen LogP contribution in [-0.2, 0) is 4.74 Å². The summed E-state index contributed by atoms with van der Waals surface area (Å²) in [5.41, 5.74) is 0.500. The molecule has 1 aliphatic heterocycles. The highest BCUT2D eigenvalue weighted by molar-refractivity contribution is 5.85. The molecular weight excluding hydrogens is 112 g/mol. The van der Waals surface area contributed by atoms with Crippen LogP contribution in [0, 0.1) is 5.41 Å². The van der Waals surface area contributed by atoms with E-state index in [1.807, 2.05) is 0 Å². The molecule has 1 fully saturated rings. The number of halogens is 1. The predicted molar refractivity (Wildman–Crippen MR) is 31.8 cm³/mol. The van der Waals surface area contributed by atoms with Crippen molar-refractivity contribution < 1.29 is 4.74 Å². The quantitative estimate of drug-likeness (QED) is 0.473. The molecule has 0 unspecified atom stereocenters. The lowest BCUT2D eigenvalue weighted by atomic mass is 9.92. The van der Waals surface area contributed by atoms with E-state index < -0.39 is 0 Å². The summed E-state index contributed by atoms with van der Waals surface area (Å²) in [5, 5.41) is 0. The van der Waals surface area contributed by atoms with Gasteiger partial charge >= 0.3 is 0 Å². The van der Waals surface area contributed by atoms with Gasteiger partial charge in [-0.15, -0.1) is 12.4 Å². The molecule has 1 nitrogen and oxygen atoms in total. The van der Waals surface area contributed by atoms with Crippen LogP contribution in [-0.4, -0.2) is 13.2 Å². The first kappa shape index (κ1) is 7.25. The molecule has 0 saturated carbocycles. The van der Waals surface area contributed by atoms with Crippen LogP contribution >= 0.6 is 12.4 Å². The molecule has 44 valence electrons. The van der Waals surface area contributed by atoms with E-state index >= 15 is 0 Å². The van der Waals surface area contributed by atoms with Crippen LogP contribution in [0.15, 0.2) is 0 Å². The second kappa shape index (κ2) is 2.01. The third-order valence-corrected chi connectivity index (χ3v) is 0.986. The van der Waals surface area contributed by atoms with Gasteiger partial charge in [-0.05, 0) is 0 Å². The number of ether oxygens (including phenoxy) is 1. The van der Waals surface area contributed by atoms with Crippen LogP contribution < -0.4 is 0 Å². The van der Waals surface area contributed by atoms with E-state index in [2.05, 4.69) is 13.8 Å². The van der Waals surface area contributed by atoms with Crippen molar-refractivity contribution in [2.24, 2.45) is 5.41 Å². The van der Waals surface area contributed by atoms with Crippen molar-refractivity contribution in [1.29, 1.82) is 0 Å². The summed E-state index contributed by atoms with van der Waals surface area (Å²) in [6, 6.07) is 0. The summed E-state index contributed by atoms with van der Waals surface area (Å²) in [6.07, 6.45) is 0. The van der Waals surface area contributed by atoms with E-state index in [0.717, 1.165) is 13.2 Å². The van der Waals surface area contributed by atoms with Gasteiger partial charge in [0.15, 0.2) is 0 Å². The highest BCUT2D eigenvalue weighted by atomic mass is 35.5. The Kier molecular flexibility index (Phi) is 2.09. The lowest BCUT2D eigenvalue weighted by Gasteiger charge is -2.33. The van der Waals surface area contributed by atoms with Crippen LogP contribution in [0.2, 0.25) is 0 Å². The number of rotatable bonds is 0. The summed E-state index contributed by atoms with van der Waals surface area (Å²) in [5.74, 6) is 0. The topological polar surface area (TPSA) is 9.23 Å². The zero-order chi connectivity index (χ0) is 4.62. The molecule has 0 bridgehead atoms. The average molecular weight is 123 g/mol. The predicted octanol–water partition coefficient (Wildman–Crippen LogP) is 1.46. The minimum atomic E-state index is 0. The Morgan fingerprint density at radius 1 is 1.29 bits per heavy atom. The van der Waals surface area contributed by atoms with Gasteiger partial charge in [-0.25, -0.2) is 0 Å². The Hall–Kier alpha value is 0.250. The van der Waals surface area contributed by atoms with Crippen molar-refractivity contribution in [1.82, 2.24) is 0 Å². The number of hydrogen-bond donors (Lipinski definition) is 0. The maximum Gasteiger partial charge on any atom is 0.0539 e. The van der Waals surface area contributed by atoms with E-state index in [-0.39, 0.29) is 12.4 Å². The normalized spacial score (nSPS) is 24.9. The highest BCUT2D eigenvalue weighted by Gasteiger charge is 2.26. The van der Waals surface area contributed by atoms with Crippen LogP contribution in [0.5, 0.6) is 0 Å². The van der Waals surface area contributed by atoms with Gasteiger partial charge < -0.3 is 4.74 Å². The molecule has 1 aliphatic rings. The van der Waals surface area contributed by atoms with E-state index in [1.165, 1.54) is 0 Å². The van der Waals surface area contributed by atoms with Crippen molar-refractivity contribution in [2.45, 2.75) is 13.8 Å². The molecule has 7 heavy (non-hydrogen) atoms. The minimum Gasteiger partial charge on any atom is -0.380 e. The zero-order valence-electron chi connectivity index (χ0n) is 4.73. The van der Waals surface area contributed by atoms with Gasteiger partial charge in [0.05, 0.1) is 13.2 Å². The minimum absolute atomic E-state index is 0. The third kappa shape index (κ3) is 1.66. The van der Waals surface area contributed by atoms with Gasteiger partial charge in [0, 0.05) is 5.41 Å². The Morgan fingerprint density at radius 3 is 1.57 bits per heavy atom. The lowest BCUT2D eigenvalue weighted by Crippen LogP contribution is -2.36. The van der Waals surface area contributed by atoms with E-state index in [0.29, 0.717) is 5.41 Å². The molecule has 1 heterocycles. The van der Waals surface area contributed by atoms with Crippen molar-refractivity contribution in [3.63, 3.8) is 0 Å². The second-order valence-corrected chi connectivity index (χ2v) is 2.66. The van der Waals surface area contributed by atoms with Crippen LogP contribution in [0.25, 0.3) is 0 Å². The fourth-order valence-corrected chi connectivity index (χ4v) is 0.510. The molecule has 0 N–H and O–H groups in total. The van der Waals surface area contributed by atoms with Gasteiger partial charge in [-0.3, -0.25) is 0 Å². The van der Waals surface area contributed by atoms with Crippen molar-refractivity contribution in [2.75, 3.05) is 13.2 Å². The summed E-state index contributed by atoms with van der Waals surface area (Å²) in [6.45, 7) is 6.31. The molecule has 0 radical (unpaired) electrons. The molecule has 0 aromatic heterocycles. The smallest absolute Gasteiger partial charge is 0.0539 e. The van der Waals surface area contributed by atoms with E-state index in [9.17, 15) is 0 Å². The fourth-order valence-electron chi connectivity index (χ4n) is 0.510. The van der Waals surface area contributed by atoms with Crippen LogP contribution in [0.3, 0.4) is 0 Å². The zero-order valence-corrected chi connectivity index (χ0v) is 5.55. The molecule has 0 aliphatic carbocycles. The third-order valence-electron chi connectivity index (χ3n) is 0.986. The molecule has 2 heteroatoms. The lowest BCUT2D eigenvalue weighted by molar-refractivity contribution is -0.0892. The largest absolute Gasteiger partial charge is 0.380 e. The molecular formula is C5H11ClO. The van der Waals surface area contributed by atoms with Gasteiger partial charge in [-0.1, -0.05) is 13.8 Å². The monoisotopic (exact) mass is 122 g/mol. The van der Waals surface area contributed by atoms with Crippen molar-refractivity contribution in [3.05, 3.63) is 0 Å². The first-order valence-corrected chi connectivity index (χ1v) is 2.28. The fraction of sp³-hybridized carbons (Fsp3) is 1.00. The molecule has 1 rings (SSSR count). The summed E-state index contributed by atoms with van der Waals surface area (Å²) >= 11 is 0. The Labute approximate surface area is 50.5 Å². The number of hydrogen-bond acceptors (Lipinski definition) is 1. The molecule has 0 atom stereocenters. The van der Waals surface area contributed by atoms with E-state index in [4.69, 9.17) is 4.74 Å². The summed E-state index contributed by atoms with van der Waals surface area (Å²) < 4.78 is 4.94. The maximum atomic E-state index is 4.94. The summed E-state index contributed by atoms with van der Waals surface area (Å²) in [4.78, 5) is 0. The molecule has 0 aromatic carbocycles. The SMILES string of the molecule is CC1(C)COC1.Cl. The molecule has 1 saturated heterocycles. The highest BCUT2D eigenvalue weighted by Crippen LogP contribution is 2.24. The maximum absolute atomic E-state index is 4.94. The van der Waals surface area contributed by atoms with Crippen molar-refractivity contribution in [3.8, 4) is 0 Å². The van der Waals surface area contributed by atoms with Gasteiger partial charge in [0.1, 0.15) is 0 Å². The van der Waals surface area contributed by atoms with Gasteiger partial charge in [0.25, 0.3) is 0 Å². The Bertz CT molecular complexity index is 55.1. The molecule has 0 aromatic rings. The van der Waals surface area contributed by atoms with Gasteiger partial charge in [0.2, 0.25) is 0 Å². The van der Waals surface area contributed by atoms with Crippen LogP contribution in [0.4, 0.5) is 0 Å². The standard InChI is InChI=1S/C5H10O.ClH/c1-5(2)3-6-4-5;/h3-4H2,1-2H3;1H. The Morgan fingerprint density at radius 2 is 1.57 bits per heavy atom. The first-order valence-electron chi connectivity index (χ1n) is 2.28.